The molecule has 0 aromatic heterocycles. The minimum absolute atomic E-state index is 0.133. The molecule has 0 aromatic carbocycles. The van der Waals surface area contributed by atoms with Crippen molar-refractivity contribution in [2.24, 2.45) is 0 Å². The van der Waals surface area contributed by atoms with Crippen LogP contribution in [0.15, 0.2) is 0 Å². The third-order valence-electron chi connectivity index (χ3n) is 2.31. The van der Waals surface area contributed by atoms with Crippen LogP contribution >= 0.6 is 23.2 Å². The third kappa shape index (κ3) is 6.45. The van der Waals surface area contributed by atoms with Crippen molar-refractivity contribution < 1.29 is 24.2 Å². The molecule has 1 atom stereocenters. The predicted octanol–water partition coefficient (Wildman–Crippen LogP) is 2.21. The monoisotopic (exact) mass is 314 g/mol. The van der Waals surface area contributed by atoms with Crippen LogP contribution in [0.25, 0.3) is 0 Å². The van der Waals surface area contributed by atoms with Gasteiger partial charge in [0.15, 0.2) is 6.10 Å². The molecule has 5 nitrogen and oxygen atoms in total. The second-order valence-corrected chi connectivity index (χ2v) is 5.42. The molecule has 1 N–H and O–H groups in total. The number of alkyl halides is 2. The highest BCUT2D eigenvalue weighted by atomic mass is 35.5. The normalized spacial score (nSPS) is 12.9. The maximum Gasteiger partial charge on any atom is 0.346 e. The summed E-state index contributed by atoms with van der Waals surface area (Å²) < 4.78 is 7.16. The van der Waals surface area contributed by atoms with Gasteiger partial charge in [0.1, 0.15) is 0 Å². The van der Waals surface area contributed by atoms with Crippen LogP contribution in [0.5, 0.6) is 0 Å². The molecule has 0 amide bonds. The summed E-state index contributed by atoms with van der Waals surface area (Å²) in [5.74, 6) is -2.09. The van der Waals surface area contributed by atoms with E-state index in [2.05, 4.69) is 0 Å². The smallest absolute Gasteiger partial charge is 0.346 e. The summed E-state index contributed by atoms with van der Waals surface area (Å²) in [6.45, 7) is 4.11. The van der Waals surface area contributed by atoms with Gasteiger partial charge in [-0.15, -0.1) is 0 Å². The lowest BCUT2D eigenvalue weighted by Gasteiger charge is -2.22. The first-order valence-corrected chi connectivity index (χ1v) is 7.03. The average molecular weight is 315 g/mol. The number of unbranched alkanes of at least 4 members (excludes halogenated alkanes) is 2. The lowest BCUT2D eigenvalue weighted by Crippen LogP contribution is -2.46. The first kappa shape index (κ1) is 18.5. The van der Waals surface area contributed by atoms with Gasteiger partial charge in [-0.1, -0.05) is 49.9 Å². The molecule has 0 aliphatic heterocycles. The maximum absolute atomic E-state index is 11.6. The summed E-state index contributed by atoms with van der Waals surface area (Å²) in [5, 5.41) is 9.63. The maximum atomic E-state index is 11.6. The Labute approximate surface area is 123 Å². The number of hydrogen-bond donors (Lipinski definition) is 1. The summed E-state index contributed by atoms with van der Waals surface area (Å²) in [4.78, 5) is 23.0. The van der Waals surface area contributed by atoms with E-state index in [-0.39, 0.29) is 13.2 Å². The van der Waals surface area contributed by atoms with Crippen molar-refractivity contribution in [2.75, 3.05) is 13.2 Å². The van der Waals surface area contributed by atoms with Crippen molar-refractivity contribution in [1.29, 1.82) is 0 Å². The highest BCUT2D eigenvalue weighted by molar-refractivity contribution is 6.59. The number of aliphatic hydroxyl groups is 1. The molecule has 7 heteroatoms. The van der Waals surface area contributed by atoms with E-state index in [1.807, 2.05) is 13.8 Å². The molecule has 19 heavy (non-hydrogen) atoms. The summed E-state index contributed by atoms with van der Waals surface area (Å²) in [6, 6.07) is 0. The number of carbonyl (C=O) groups is 2. The van der Waals surface area contributed by atoms with Crippen LogP contribution in [0.2, 0.25) is 0 Å². The summed E-state index contributed by atoms with van der Waals surface area (Å²) in [6.07, 6.45) is 0.979. The summed E-state index contributed by atoms with van der Waals surface area (Å²) in [5.41, 5.74) is 0. The molecule has 0 rings (SSSR count). The minimum Gasteiger partial charge on any atom is -0.464 e. The summed E-state index contributed by atoms with van der Waals surface area (Å²) >= 11 is 11.3. The van der Waals surface area contributed by atoms with E-state index in [1.54, 1.807) is 0 Å². The number of aliphatic hydroxyl groups excluding tert-OH is 1. The fraction of sp³-hybridized carbons (Fsp3) is 0.833. The van der Waals surface area contributed by atoms with Gasteiger partial charge in [0.2, 0.25) is 0 Å². The highest BCUT2D eigenvalue weighted by Crippen LogP contribution is 2.28. The molecular weight excluding hydrogens is 295 g/mol. The Balaban J connectivity index is 4.35. The Morgan fingerprint density at radius 1 is 1.11 bits per heavy atom. The van der Waals surface area contributed by atoms with Crippen LogP contribution in [-0.4, -0.2) is 40.7 Å². The van der Waals surface area contributed by atoms with E-state index in [9.17, 15) is 14.7 Å². The van der Waals surface area contributed by atoms with Crippen molar-refractivity contribution in [3.8, 4) is 0 Å². The first-order valence-electron chi connectivity index (χ1n) is 6.27. The lowest BCUT2D eigenvalue weighted by atomic mass is 10.2. The number of rotatable bonds is 9. The average Bonchev–Trinajstić information content (AvgIpc) is 2.38. The second-order valence-electron chi connectivity index (χ2n) is 4.04. The molecule has 0 spiro atoms. The van der Waals surface area contributed by atoms with E-state index in [4.69, 9.17) is 32.7 Å². The van der Waals surface area contributed by atoms with E-state index in [0.29, 0.717) is 12.8 Å². The van der Waals surface area contributed by atoms with Gasteiger partial charge in [0.25, 0.3) is 4.33 Å². The molecule has 0 radical (unpaired) electrons. The van der Waals surface area contributed by atoms with Crippen molar-refractivity contribution >= 4 is 35.1 Å². The van der Waals surface area contributed by atoms with Crippen molar-refractivity contribution in [3.63, 3.8) is 0 Å². The number of carbonyl (C=O) groups excluding carboxylic acids is 2. The molecular formula is C12H20Cl2O5. The molecule has 0 heterocycles. The Hall–Kier alpha value is -0.520. The second kappa shape index (κ2) is 9.39. The number of hydrogen-bond acceptors (Lipinski definition) is 5. The van der Waals surface area contributed by atoms with Crippen LogP contribution in [0.4, 0.5) is 0 Å². The van der Waals surface area contributed by atoms with Crippen LogP contribution < -0.4 is 0 Å². The molecule has 0 fully saturated rings. The zero-order chi connectivity index (χ0) is 14.9. The quantitative estimate of drug-likeness (QED) is 0.401. The third-order valence-corrected chi connectivity index (χ3v) is 3.03. The molecule has 0 aliphatic rings. The lowest BCUT2D eigenvalue weighted by molar-refractivity contribution is -0.161. The van der Waals surface area contributed by atoms with E-state index in [1.165, 1.54) is 0 Å². The predicted molar refractivity (Wildman–Crippen MR) is 72.2 cm³/mol. The van der Waals surface area contributed by atoms with Gasteiger partial charge >= 0.3 is 11.9 Å². The Kier molecular flexibility index (Phi) is 9.14. The SMILES string of the molecule is CCCCOC(=O)C(O)C(Cl)(Cl)C(=O)OCCCC. The van der Waals surface area contributed by atoms with Gasteiger partial charge in [-0.3, -0.25) is 0 Å². The number of ether oxygens (including phenoxy) is 2. The fourth-order valence-electron chi connectivity index (χ4n) is 1.06. The molecule has 0 bridgehead atoms. The molecule has 0 aromatic rings. The molecule has 0 aliphatic carbocycles. The van der Waals surface area contributed by atoms with Crippen LogP contribution in [0.1, 0.15) is 39.5 Å². The van der Waals surface area contributed by atoms with E-state index < -0.39 is 22.4 Å². The number of esters is 2. The van der Waals surface area contributed by atoms with Crippen LogP contribution in [0, 0.1) is 0 Å². The largest absolute Gasteiger partial charge is 0.464 e. The topological polar surface area (TPSA) is 72.8 Å². The van der Waals surface area contributed by atoms with Crippen LogP contribution in [0.3, 0.4) is 0 Å². The standard InChI is InChI=1S/C12H20Cl2O5/c1-3-5-7-18-10(16)9(15)12(13,14)11(17)19-8-6-4-2/h9,15H,3-8H2,1-2H3. The zero-order valence-electron chi connectivity index (χ0n) is 11.2. The van der Waals surface area contributed by atoms with Crippen molar-refractivity contribution in [3.05, 3.63) is 0 Å². The summed E-state index contributed by atoms with van der Waals surface area (Å²) in [7, 11) is 0. The van der Waals surface area contributed by atoms with Gasteiger partial charge < -0.3 is 14.6 Å². The molecule has 0 saturated heterocycles. The molecule has 1 unspecified atom stereocenters. The van der Waals surface area contributed by atoms with Gasteiger partial charge in [0, 0.05) is 0 Å². The fourth-order valence-corrected chi connectivity index (χ4v) is 1.35. The zero-order valence-corrected chi connectivity index (χ0v) is 12.7. The van der Waals surface area contributed by atoms with E-state index in [0.717, 1.165) is 12.8 Å². The van der Waals surface area contributed by atoms with Gasteiger partial charge in [-0.05, 0) is 12.8 Å². The van der Waals surface area contributed by atoms with E-state index >= 15 is 0 Å². The van der Waals surface area contributed by atoms with Crippen molar-refractivity contribution in [1.82, 2.24) is 0 Å². The molecule has 0 saturated carbocycles. The Morgan fingerprint density at radius 2 is 1.58 bits per heavy atom. The van der Waals surface area contributed by atoms with Crippen LogP contribution in [-0.2, 0) is 19.1 Å². The first-order chi connectivity index (χ1) is 8.87. The Morgan fingerprint density at radius 3 is 2.05 bits per heavy atom. The highest BCUT2D eigenvalue weighted by Gasteiger charge is 2.48. The molecule has 112 valence electrons. The van der Waals surface area contributed by atoms with Gasteiger partial charge in [0.05, 0.1) is 13.2 Å². The van der Waals surface area contributed by atoms with Gasteiger partial charge in [-0.25, -0.2) is 9.59 Å². The van der Waals surface area contributed by atoms with Gasteiger partial charge in [-0.2, -0.15) is 0 Å². The Bertz CT molecular complexity index is 294. The van der Waals surface area contributed by atoms with Crippen molar-refractivity contribution in [2.45, 2.75) is 50.0 Å². The number of halogens is 2. The minimum atomic E-state index is -2.35.